The third-order valence-corrected chi connectivity index (χ3v) is 5.59. The van der Waals surface area contributed by atoms with Gasteiger partial charge in [0.05, 0.1) is 31.0 Å². The van der Waals surface area contributed by atoms with E-state index in [4.69, 9.17) is 16.3 Å². The van der Waals surface area contributed by atoms with Gasteiger partial charge >= 0.3 is 0 Å². The lowest BCUT2D eigenvalue weighted by atomic mass is 9.86. The molecule has 6 nitrogen and oxygen atoms in total. The molecule has 1 atom stereocenters. The number of benzene rings is 1. The number of aliphatic hydroxyl groups excluding tert-OH is 1. The molecule has 1 aliphatic carbocycles. The number of hydrogen-bond donors (Lipinski definition) is 2. The van der Waals surface area contributed by atoms with Crippen molar-refractivity contribution in [2.24, 2.45) is 0 Å². The van der Waals surface area contributed by atoms with Crippen molar-refractivity contribution in [3.63, 3.8) is 0 Å². The van der Waals surface area contributed by atoms with Crippen LogP contribution in [0.3, 0.4) is 0 Å². The van der Waals surface area contributed by atoms with Crippen LogP contribution in [0.5, 0.6) is 0 Å². The topological polar surface area (TPSA) is 72.2 Å². The number of hydrogen-bond acceptors (Lipinski definition) is 5. The van der Waals surface area contributed by atoms with E-state index in [2.05, 4.69) is 26.1 Å². The summed E-state index contributed by atoms with van der Waals surface area (Å²) in [7, 11) is 0. The van der Waals surface area contributed by atoms with Gasteiger partial charge < -0.3 is 15.2 Å². The Labute approximate surface area is 158 Å². The van der Waals surface area contributed by atoms with Crippen LogP contribution < -0.4 is 5.32 Å². The Balaban J connectivity index is 1.57. The first-order valence-corrected chi connectivity index (χ1v) is 9.73. The highest BCUT2D eigenvalue weighted by molar-refractivity contribution is 6.30. The van der Waals surface area contributed by atoms with Crippen molar-refractivity contribution in [3.05, 3.63) is 40.4 Å². The summed E-state index contributed by atoms with van der Waals surface area (Å²) in [6.45, 7) is 3.47. The number of nitrogens with zero attached hydrogens (tertiary/aromatic N) is 3. The highest BCUT2D eigenvalue weighted by atomic mass is 35.5. The van der Waals surface area contributed by atoms with Gasteiger partial charge in [0.2, 0.25) is 0 Å². The van der Waals surface area contributed by atoms with Crippen molar-refractivity contribution in [1.29, 1.82) is 0 Å². The molecule has 1 aromatic carbocycles. The number of rotatable bonds is 4. The second-order valence-electron chi connectivity index (χ2n) is 7.29. The lowest BCUT2D eigenvalue weighted by molar-refractivity contribution is -0.0460. The maximum absolute atomic E-state index is 9.18. The highest BCUT2D eigenvalue weighted by Gasteiger charge is 2.30. The summed E-state index contributed by atoms with van der Waals surface area (Å²) in [5, 5.41) is 22.3. The van der Waals surface area contributed by atoms with Crippen LogP contribution in [0.15, 0.2) is 18.2 Å². The summed E-state index contributed by atoms with van der Waals surface area (Å²) >= 11 is 6.19. The molecule has 0 spiro atoms. The summed E-state index contributed by atoms with van der Waals surface area (Å²) in [4.78, 5) is 0. The van der Waals surface area contributed by atoms with Gasteiger partial charge in [0, 0.05) is 17.5 Å². The molecule has 1 aliphatic heterocycles. The normalized spacial score (nSPS) is 23.8. The van der Waals surface area contributed by atoms with E-state index in [-0.39, 0.29) is 18.8 Å². The summed E-state index contributed by atoms with van der Waals surface area (Å²) < 4.78 is 8.11. The van der Waals surface area contributed by atoms with Crippen molar-refractivity contribution in [2.45, 2.75) is 63.8 Å². The average Bonchev–Trinajstić information content (AvgIpc) is 2.98. The molecule has 1 aromatic heterocycles. The Hall–Kier alpha value is -1.47. The predicted octanol–water partition coefficient (Wildman–Crippen LogP) is 2.95. The van der Waals surface area contributed by atoms with E-state index in [1.807, 2.05) is 19.1 Å². The number of nitrogens with one attached hydrogen (secondary N) is 1. The predicted molar refractivity (Wildman–Crippen MR) is 99.5 cm³/mol. The van der Waals surface area contributed by atoms with Crippen molar-refractivity contribution >= 4 is 11.6 Å². The third kappa shape index (κ3) is 3.51. The Morgan fingerprint density at radius 2 is 2.08 bits per heavy atom. The number of aliphatic hydroxyl groups is 1. The molecule has 2 heterocycles. The van der Waals surface area contributed by atoms with Crippen LogP contribution in [0.25, 0.3) is 5.69 Å². The minimum atomic E-state index is -0.0939. The summed E-state index contributed by atoms with van der Waals surface area (Å²) in [5.74, 6) is 2.37. The lowest BCUT2D eigenvalue weighted by Gasteiger charge is -2.30. The zero-order chi connectivity index (χ0) is 18.1. The van der Waals surface area contributed by atoms with E-state index >= 15 is 0 Å². The Kier molecular flexibility index (Phi) is 5.27. The highest BCUT2D eigenvalue weighted by Crippen LogP contribution is 2.36. The van der Waals surface area contributed by atoms with Crippen LogP contribution in [-0.4, -0.2) is 38.7 Å². The summed E-state index contributed by atoms with van der Waals surface area (Å²) in [6.07, 6.45) is 4.16. The zero-order valence-corrected chi connectivity index (χ0v) is 15.7. The fourth-order valence-corrected chi connectivity index (χ4v) is 4.22. The molecule has 0 radical (unpaired) electrons. The monoisotopic (exact) mass is 376 g/mol. The van der Waals surface area contributed by atoms with E-state index in [0.717, 1.165) is 54.6 Å². The molecule has 4 rings (SSSR count). The van der Waals surface area contributed by atoms with Gasteiger partial charge in [0.1, 0.15) is 5.82 Å². The molecule has 7 heteroatoms. The van der Waals surface area contributed by atoms with Crippen molar-refractivity contribution < 1.29 is 9.84 Å². The van der Waals surface area contributed by atoms with E-state index in [1.54, 1.807) is 0 Å². The van der Waals surface area contributed by atoms with Crippen LogP contribution in [-0.2, 0) is 17.8 Å². The van der Waals surface area contributed by atoms with Gasteiger partial charge in [0.15, 0.2) is 5.82 Å². The summed E-state index contributed by atoms with van der Waals surface area (Å²) in [5.41, 5.74) is 2.30. The first kappa shape index (κ1) is 17.9. The quantitative estimate of drug-likeness (QED) is 0.858. The Morgan fingerprint density at radius 1 is 1.27 bits per heavy atom. The molecule has 1 saturated carbocycles. The molecular weight excluding hydrogens is 352 g/mol. The molecule has 0 saturated heterocycles. The van der Waals surface area contributed by atoms with Crippen LogP contribution in [0.1, 0.15) is 55.7 Å². The van der Waals surface area contributed by atoms with Gasteiger partial charge in [-0.3, -0.25) is 4.57 Å². The Bertz CT molecular complexity index is 771. The second-order valence-corrected chi connectivity index (χ2v) is 7.73. The summed E-state index contributed by atoms with van der Waals surface area (Å²) in [6, 6.07) is 6.02. The van der Waals surface area contributed by atoms with Crippen LogP contribution in [0.4, 0.5) is 0 Å². The number of aromatic nitrogens is 3. The number of ether oxygens (including phenoxy) is 1. The molecule has 140 valence electrons. The van der Waals surface area contributed by atoms with E-state index < -0.39 is 0 Å². The first-order valence-electron chi connectivity index (χ1n) is 9.35. The third-order valence-electron chi connectivity index (χ3n) is 5.36. The van der Waals surface area contributed by atoms with Crippen molar-refractivity contribution in [3.8, 4) is 5.69 Å². The molecule has 0 amide bonds. The van der Waals surface area contributed by atoms with Crippen LogP contribution in [0.2, 0.25) is 5.02 Å². The lowest BCUT2D eigenvalue weighted by Crippen LogP contribution is -2.27. The second kappa shape index (κ2) is 7.64. The molecule has 1 unspecified atom stereocenters. The fraction of sp³-hybridized carbons (Fsp3) is 0.579. The molecule has 26 heavy (non-hydrogen) atoms. The molecule has 1 fully saturated rings. The standard InChI is InChI=1S/C19H25ClN4O2/c1-12(11-25)26-16-5-2-13(3-6-16)19-23-22-18-10-21-9-14-8-15(20)4-7-17(14)24(18)19/h4,7-8,12-13,16,21,25H,2-3,5-6,9-11H2,1H3. The SMILES string of the molecule is CC(CO)OC1CCC(c2nnc3n2-c2ccc(Cl)cc2CNC3)CC1. The molecule has 2 aromatic rings. The molecule has 2 aliphatic rings. The molecular formula is C19H25ClN4O2. The molecule has 2 N–H and O–H groups in total. The van der Waals surface area contributed by atoms with Gasteiger partial charge in [0.25, 0.3) is 0 Å². The van der Waals surface area contributed by atoms with Gasteiger partial charge in [-0.25, -0.2) is 0 Å². The van der Waals surface area contributed by atoms with Crippen molar-refractivity contribution in [1.82, 2.24) is 20.1 Å². The van der Waals surface area contributed by atoms with E-state index in [9.17, 15) is 5.11 Å². The Morgan fingerprint density at radius 3 is 2.85 bits per heavy atom. The minimum absolute atomic E-state index is 0.0734. The number of fused-ring (bicyclic) bond motifs is 3. The fourth-order valence-electron chi connectivity index (χ4n) is 4.02. The smallest absolute Gasteiger partial charge is 0.151 e. The van der Waals surface area contributed by atoms with Crippen LogP contribution >= 0.6 is 11.6 Å². The number of halogens is 1. The van der Waals surface area contributed by atoms with E-state index in [0.29, 0.717) is 12.5 Å². The van der Waals surface area contributed by atoms with Gasteiger partial charge in [-0.15, -0.1) is 10.2 Å². The minimum Gasteiger partial charge on any atom is -0.394 e. The van der Waals surface area contributed by atoms with Crippen LogP contribution in [0, 0.1) is 0 Å². The molecule has 0 bridgehead atoms. The van der Waals surface area contributed by atoms with Gasteiger partial charge in [-0.05, 0) is 56.4 Å². The van der Waals surface area contributed by atoms with Gasteiger partial charge in [-0.1, -0.05) is 11.6 Å². The van der Waals surface area contributed by atoms with Crippen molar-refractivity contribution in [2.75, 3.05) is 6.61 Å². The van der Waals surface area contributed by atoms with E-state index in [1.165, 1.54) is 5.56 Å². The first-order chi connectivity index (χ1) is 12.7. The zero-order valence-electron chi connectivity index (χ0n) is 15.0. The maximum Gasteiger partial charge on any atom is 0.151 e. The largest absolute Gasteiger partial charge is 0.394 e. The average molecular weight is 377 g/mol. The maximum atomic E-state index is 9.18. The van der Waals surface area contributed by atoms with Gasteiger partial charge in [-0.2, -0.15) is 0 Å².